The van der Waals surface area contributed by atoms with Gasteiger partial charge in [0.2, 0.25) is 5.43 Å². The highest BCUT2D eigenvalue weighted by atomic mass is 35.5. The fourth-order valence-corrected chi connectivity index (χ4v) is 4.80. The van der Waals surface area contributed by atoms with Crippen LogP contribution in [0, 0.1) is 24.0 Å². The molecule has 2 amide bonds. The first-order valence-electron chi connectivity index (χ1n) is 10.2. The SMILES string of the molecule is C#CC1[C@@H]2CCOSCCN1C(=O)c1c(O)c(=O)c(C(=O)NCc3ccc(F)c(Cl)c3F)cn12. The minimum Gasteiger partial charge on any atom is -0.503 e. The molecule has 12 heteroatoms. The van der Waals surface area contributed by atoms with Crippen molar-refractivity contribution in [1.29, 1.82) is 0 Å². The zero-order chi connectivity index (χ0) is 24.6. The van der Waals surface area contributed by atoms with E-state index in [1.807, 2.05) is 0 Å². The van der Waals surface area contributed by atoms with Gasteiger partial charge in [-0.2, -0.15) is 0 Å². The highest BCUT2D eigenvalue weighted by Gasteiger charge is 2.41. The van der Waals surface area contributed by atoms with Gasteiger partial charge in [-0.05, 0) is 24.5 Å². The van der Waals surface area contributed by atoms with Crippen LogP contribution in [0.2, 0.25) is 5.02 Å². The molecule has 1 unspecified atom stereocenters. The van der Waals surface area contributed by atoms with Gasteiger partial charge in [0.05, 0.1) is 12.6 Å². The van der Waals surface area contributed by atoms with Crippen LogP contribution in [0.25, 0.3) is 0 Å². The molecule has 0 aliphatic carbocycles. The summed E-state index contributed by atoms with van der Waals surface area (Å²) in [5.74, 6) is -1.40. The Morgan fingerprint density at radius 1 is 1.38 bits per heavy atom. The third kappa shape index (κ3) is 4.13. The number of rotatable bonds is 3. The number of halogens is 3. The molecule has 2 atom stereocenters. The van der Waals surface area contributed by atoms with Gasteiger partial charge in [-0.25, -0.2) is 8.78 Å². The van der Waals surface area contributed by atoms with Crippen LogP contribution in [0.3, 0.4) is 0 Å². The lowest BCUT2D eigenvalue weighted by Gasteiger charge is -2.40. The first kappa shape index (κ1) is 24.1. The molecule has 1 aromatic carbocycles. The van der Waals surface area contributed by atoms with Crippen molar-refractivity contribution in [2.45, 2.75) is 25.0 Å². The van der Waals surface area contributed by atoms with Crippen LogP contribution in [0.5, 0.6) is 5.75 Å². The van der Waals surface area contributed by atoms with Crippen LogP contribution in [-0.2, 0) is 10.7 Å². The largest absolute Gasteiger partial charge is 0.503 e. The molecule has 34 heavy (non-hydrogen) atoms. The summed E-state index contributed by atoms with van der Waals surface area (Å²) in [7, 11) is 0. The maximum absolute atomic E-state index is 14.2. The number of terminal acetylenes is 1. The van der Waals surface area contributed by atoms with Crippen molar-refractivity contribution in [3.8, 4) is 18.1 Å². The Labute approximate surface area is 202 Å². The minimum atomic E-state index is -1.06. The Hall–Kier alpha value is -3.07. The fraction of sp³-hybridized carbons (Fsp3) is 0.318. The summed E-state index contributed by atoms with van der Waals surface area (Å²) >= 11 is 6.74. The fourth-order valence-electron chi connectivity index (χ4n) is 4.01. The van der Waals surface area contributed by atoms with E-state index in [4.69, 9.17) is 22.2 Å². The number of benzene rings is 1. The number of nitrogens with zero attached hydrogens (tertiary/aromatic N) is 2. The number of carbonyl (C=O) groups is 2. The molecule has 2 aromatic rings. The molecule has 2 aliphatic rings. The van der Waals surface area contributed by atoms with E-state index in [2.05, 4.69) is 11.2 Å². The van der Waals surface area contributed by atoms with Gasteiger partial charge >= 0.3 is 0 Å². The van der Waals surface area contributed by atoms with E-state index >= 15 is 0 Å². The van der Waals surface area contributed by atoms with Gasteiger partial charge in [0.15, 0.2) is 11.4 Å². The molecule has 0 spiro atoms. The Morgan fingerprint density at radius 3 is 2.88 bits per heavy atom. The number of pyridine rings is 1. The third-order valence-electron chi connectivity index (χ3n) is 5.70. The summed E-state index contributed by atoms with van der Waals surface area (Å²) < 4.78 is 34.3. The normalized spacial score (nSPS) is 19.9. The van der Waals surface area contributed by atoms with Gasteiger partial charge in [-0.15, -0.1) is 6.42 Å². The van der Waals surface area contributed by atoms with Gasteiger partial charge in [0, 0.05) is 30.6 Å². The minimum absolute atomic E-state index is 0.105. The number of amides is 2. The first-order valence-corrected chi connectivity index (χ1v) is 11.4. The Bertz CT molecular complexity index is 1280. The average Bonchev–Trinajstić information content (AvgIpc) is 2.91. The maximum atomic E-state index is 14.2. The van der Waals surface area contributed by atoms with Gasteiger partial charge < -0.3 is 24.1 Å². The molecule has 1 saturated heterocycles. The van der Waals surface area contributed by atoms with E-state index in [9.17, 15) is 28.3 Å². The molecule has 2 N–H and O–H groups in total. The predicted octanol–water partition coefficient (Wildman–Crippen LogP) is 2.48. The molecule has 2 bridgehead atoms. The summed E-state index contributed by atoms with van der Waals surface area (Å²) in [6.07, 6.45) is 7.23. The second-order valence-corrected chi connectivity index (χ2v) is 8.86. The van der Waals surface area contributed by atoms with E-state index in [-0.39, 0.29) is 24.4 Å². The van der Waals surface area contributed by atoms with E-state index in [1.165, 1.54) is 21.5 Å². The topological polar surface area (TPSA) is 101 Å². The molecule has 2 aliphatic heterocycles. The molecule has 8 nitrogen and oxygen atoms in total. The number of carbonyl (C=O) groups excluding carboxylic acids is 2. The number of hydrogen-bond acceptors (Lipinski definition) is 6. The first-order chi connectivity index (χ1) is 16.3. The zero-order valence-corrected chi connectivity index (χ0v) is 19.1. The highest BCUT2D eigenvalue weighted by molar-refractivity contribution is 7.94. The second kappa shape index (κ2) is 9.66. The monoisotopic (exact) mass is 509 g/mol. The van der Waals surface area contributed by atoms with Crippen LogP contribution in [-0.4, -0.2) is 51.3 Å². The second-order valence-electron chi connectivity index (χ2n) is 7.60. The van der Waals surface area contributed by atoms with Crippen LogP contribution in [0.15, 0.2) is 23.1 Å². The molecule has 178 valence electrons. The molecule has 1 fully saturated rings. The Morgan fingerprint density at radius 2 is 2.15 bits per heavy atom. The quantitative estimate of drug-likeness (QED) is 0.374. The number of aromatic hydroxyl groups is 1. The van der Waals surface area contributed by atoms with Crippen molar-refractivity contribution in [2.24, 2.45) is 0 Å². The number of fused-ring (bicyclic) bond motifs is 4. The molecular weight excluding hydrogens is 492 g/mol. The summed E-state index contributed by atoms with van der Waals surface area (Å²) in [6.45, 7) is 0.130. The Balaban J connectivity index is 1.72. The molecule has 0 radical (unpaired) electrons. The van der Waals surface area contributed by atoms with Crippen molar-refractivity contribution in [2.75, 3.05) is 18.9 Å². The molecule has 1 aromatic heterocycles. The van der Waals surface area contributed by atoms with E-state index in [1.54, 1.807) is 0 Å². The van der Waals surface area contributed by atoms with Crippen molar-refractivity contribution in [3.05, 3.63) is 62.0 Å². The summed E-state index contributed by atoms with van der Waals surface area (Å²) in [4.78, 5) is 40.1. The van der Waals surface area contributed by atoms with Crippen molar-refractivity contribution in [1.82, 2.24) is 14.8 Å². The lowest BCUT2D eigenvalue weighted by molar-refractivity contribution is 0.0592. The van der Waals surface area contributed by atoms with Crippen molar-refractivity contribution < 1.29 is 27.7 Å². The third-order valence-corrected chi connectivity index (χ3v) is 6.73. The predicted molar refractivity (Wildman–Crippen MR) is 121 cm³/mol. The van der Waals surface area contributed by atoms with Gasteiger partial charge in [0.1, 0.15) is 28.3 Å². The van der Waals surface area contributed by atoms with Crippen molar-refractivity contribution in [3.63, 3.8) is 0 Å². The molecular formula is C22H18ClF2N3O5S. The number of nitrogens with one attached hydrogen (secondary N) is 1. The molecule has 4 rings (SSSR count). The van der Waals surface area contributed by atoms with E-state index < -0.39 is 63.8 Å². The molecule has 0 saturated carbocycles. The Kier molecular flexibility index (Phi) is 6.84. The average molecular weight is 510 g/mol. The summed E-state index contributed by atoms with van der Waals surface area (Å²) in [5.41, 5.74) is -1.90. The number of hydrogen-bond donors (Lipinski definition) is 2. The summed E-state index contributed by atoms with van der Waals surface area (Å²) in [5, 5.41) is 12.3. The van der Waals surface area contributed by atoms with Crippen LogP contribution in [0.1, 0.15) is 38.9 Å². The van der Waals surface area contributed by atoms with Gasteiger partial charge in [0.25, 0.3) is 11.8 Å². The maximum Gasteiger partial charge on any atom is 0.275 e. The lowest BCUT2D eigenvalue weighted by Crippen LogP contribution is -2.52. The van der Waals surface area contributed by atoms with E-state index in [0.29, 0.717) is 12.2 Å². The lowest BCUT2D eigenvalue weighted by atomic mass is 9.97. The standard InChI is InChI=1S/C22H18ClF2N3O5S/c1-2-14-15-5-7-33-34-8-6-27(14)22(32)18-20(30)19(29)12(10-28(15)18)21(31)26-9-11-3-4-13(24)16(23)17(11)25/h1,3-4,10,14-15,30H,5-9H2,(H,26,31)/t14?,15-/m0/s1. The van der Waals surface area contributed by atoms with Crippen LogP contribution >= 0.6 is 23.6 Å². The van der Waals surface area contributed by atoms with Crippen molar-refractivity contribution >= 4 is 35.5 Å². The highest BCUT2D eigenvalue weighted by Crippen LogP contribution is 2.34. The summed E-state index contributed by atoms with van der Waals surface area (Å²) in [6, 6.07) is 0.800. The van der Waals surface area contributed by atoms with Crippen LogP contribution < -0.4 is 10.7 Å². The van der Waals surface area contributed by atoms with Gasteiger partial charge in [-0.1, -0.05) is 23.6 Å². The smallest absolute Gasteiger partial charge is 0.275 e. The zero-order valence-electron chi connectivity index (χ0n) is 17.5. The van der Waals surface area contributed by atoms with E-state index in [0.717, 1.165) is 18.3 Å². The number of aromatic nitrogens is 1. The molecule has 3 heterocycles. The van der Waals surface area contributed by atoms with Crippen LogP contribution in [0.4, 0.5) is 8.78 Å². The van der Waals surface area contributed by atoms with Gasteiger partial charge in [-0.3, -0.25) is 14.4 Å².